The third-order valence-electron chi connectivity index (χ3n) is 2.44. The number of methoxy groups -OCH3 is 1. The van der Waals surface area contributed by atoms with Crippen LogP contribution in [0.4, 0.5) is 11.4 Å². The predicted molar refractivity (Wildman–Crippen MR) is 70.4 cm³/mol. The van der Waals surface area contributed by atoms with Crippen LogP contribution < -0.4 is 0 Å². The molecular formula is C12H10N2O7. The molecule has 0 saturated carbocycles. The van der Waals surface area contributed by atoms with Crippen molar-refractivity contribution < 1.29 is 24.2 Å². The second-order valence-electron chi connectivity index (χ2n) is 3.90. The van der Waals surface area contributed by atoms with E-state index in [-0.39, 0.29) is 11.1 Å². The average Bonchev–Trinajstić information content (AvgIpc) is 2.43. The number of nitro groups is 2. The first-order valence-corrected chi connectivity index (χ1v) is 5.51. The van der Waals surface area contributed by atoms with E-state index in [1.807, 2.05) is 0 Å². The number of Topliss-reactive ketones (excluding diaryl/α,β-unsaturated/α-hetero) is 1. The zero-order chi connectivity index (χ0) is 16.2. The molecule has 0 aliphatic carbocycles. The lowest BCUT2D eigenvalue weighted by Gasteiger charge is -2.02. The van der Waals surface area contributed by atoms with E-state index in [0.29, 0.717) is 0 Å². The van der Waals surface area contributed by atoms with E-state index in [1.165, 1.54) is 0 Å². The van der Waals surface area contributed by atoms with Crippen molar-refractivity contribution in [2.75, 3.05) is 7.11 Å². The predicted octanol–water partition coefficient (Wildman–Crippen LogP) is 1.65. The van der Waals surface area contributed by atoms with Gasteiger partial charge in [-0.25, -0.2) is 4.79 Å². The highest BCUT2D eigenvalue weighted by Gasteiger charge is 2.19. The van der Waals surface area contributed by atoms with Crippen LogP contribution in [0.15, 0.2) is 23.8 Å². The summed E-state index contributed by atoms with van der Waals surface area (Å²) in [5.74, 6) is -1.56. The Morgan fingerprint density at radius 3 is 1.90 bits per heavy atom. The maximum absolute atomic E-state index is 11.4. The molecule has 9 heteroatoms. The third kappa shape index (κ3) is 3.93. The monoisotopic (exact) mass is 294 g/mol. The first-order valence-electron chi connectivity index (χ1n) is 5.51. The summed E-state index contributed by atoms with van der Waals surface area (Å²) < 4.78 is 4.41. The van der Waals surface area contributed by atoms with Gasteiger partial charge in [-0.05, 0) is 18.6 Å². The van der Waals surface area contributed by atoms with Crippen LogP contribution in [0.5, 0.6) is 0 Å². The standard InChI is InChI=1S/C12H10N2O7/c1-7(15)11(12(16)21-2)5-8-3-9(13(17)18)6-10(4-8)14(19)20/h3-6H,1-2H3. The van der Waals surface area contributed by atoms with Crippen LogP contribution in [0.2, 0.25) is 0 Å². The fraction of sp³-hybridized carbons (Fsp3) is 0.167. The molecule has 0 N–H and O–H groups in total. The highest BCUT2D eigenvalue weighted by Crippen LogP contribution is 2.24. The molecule has 0 fully saturated rings. The number of carbonyl (C=O) groups is 2. The van der Waals surface area contributed by atoms with Crippen molar-refractivity contribution in [3.63, 3.8) is 0 Å². The molecule has 1 rings (SSSR count). The van der Waals surface area contributed by atoms with E-state index < -0.39 is 33.0 Å². The van der Waals surface area contributed by atoms with Gasteiger partial charge >= 0.3 is 5.97 Å². The van der Waals surface area contributed by atoms with E-state index in [1.54, 1.807) is 0 Å². The van der Waals surface area contributed by atoms with Crippen LogP contribution >= 0.6 is 0 Å². The molecular weight excluding hydrogens is 284 g/mol. The molecule has 0 radical (unpaired) electrons. The molecule has 0 unspecified atom stereocenters. The van der Waals surface area contributed by atoms with Gasteiger partial charge in [-0.15, -0.1) is 0 Å². The lowest BCUT2D eigenvalue weighted by molar-refractivity contribution is -0.394. The van der Waals surface area contributed by atoms with Crippen molar-refractivity contribution in [1.29, 1.82) is 0 Å². The number of carbonyl (C=O) groups excluding carboxylic acids is 2. The smallest absolute Gasteiger partial charge is 0.341 e. The van der Waals surface area contributed by atoms with E-state index in [2.05, 4.69) is 4.74 Å². The Bertz CT molecular complexity index is 631. The second-order valence-corrected chi connectivity index (χ2v) is 3.90. The van der Waals surface area contributed by atoms with Gasteiger partial charge in [0, 0.05) is 12.1 Å². The molecule has 9 nitrogen and oxygen atoms in total. The van der Waals surface area contributed by atoms with E-state index >= 15 is 0 Å². The van der Waals surface area contributed by atoms with Gasteiger partial charge in [-0.3, -0.25) is 25.0 Å². The zero-order valence-electron chi connectivity index (χ0n) is 11.1. The normalized spacial score (nSPS) is 10.9. The first-order chi connectivity index (χ1) is 9.76. The van der Waals surface area contributed by atoms with Gasteiger partial charge in [0.05, 0.1) is 23.0 Å². The molecule has 21 heavy (non-hydrogen) atoms. The van der Waals surface area contributed by atoms with Crippen LogP contribution in [0.25, 0.3) is 6.08 Å². The molecule has 1 aromatic rings. The summed E-state index contributed by atoms with van der Waals surface area (Å²) in [5.41, 5.74) is -1.44. The summed E-state index contributed by atoms with van der Waals surface area (Å²) in [4.78, 5) is 42.6. The Balaban J connectivity index is 3.47. The molecule has 0 atom stereocenters. The number of esters is 1. The molecule has 0 aliphatic rings. The maximum Gasteiger partial charge on any atom is 0.341 e. The molecule has 0 aromatic heterocycles. The summed E-state index contributed by atoms with van der Waals surface area (Å²) in [6.07, 6.45) is 1.01. The first kappa shape index (κ1) is 16.0. The molecule has 0 heterocycles. The number of hydrogen-bond acceptors (Lipinski definition) is 7. The molecule has 0 bridgehead atoms. The Labute approximate surface area is 118 Å². The summed E-state index contributed by atoms with van der Waals surface area (Å²) in [5, 5.41) is 21.5. The van der Waals surface area contributed by atoms with Crippen LogP contribution in [-0.2, 0) is 14.3 Å². The van der Waals surface area contributed by atoms with Crippen LogP contribution in [0, 0.1) is 20.2 Å². The second kappa shape index (κ2) is 6.37. The topological polar surface area (TPSA) is 130 Å². The Morgan fingerprint density at radius 1 is 1.10 bits per heavy atom. The summed E-state index contributed by atoms with van der Waals surface area (Å²) >= 11 is 0. The van der Waals surface area contributed by atoms with Gasteiger partial charge in [0.1, 0.15) is 5.57 Å². The van der Waals surface area contributed by atoms with Crippen LogP contribution in [-0.4, -0.2) is 28.7 Å². The molecule has 0 aliphatic heterocycles. The van der Waals surface area contributed by atoms with Gasteiger partial charge in [0.2, 0.25) is 0 Å². The van der Waals surface area contributed by atoms with Crippen molar-refractivity contribution in [2.45, 2.75) is 6.92 Å². The highest BCUT2D eigenvalue weighted by atomic mass is 16.6. The van der Waals surface area contributed by atoms with Gasteiger partial charge < -0.3 is 4.74 Å². The largest absolute Gasteiger partial charge is 0.465 e. The minimum absolute atomic E-state index is 0.0218. The average molecular weight is 294 g/mol. The van der Waals surface area contributed by atoms with Crippen molar-refractivity contribution >= 4 is 29.2 Å². The Hall–Kier alpha value is -3.10. The number of benzene rings is 1. The van der Waals surface area contributed by atoms with Crippen LogP contribution in [0.1, 0.15) is 12.5 Å². The number of ether oxygens (including phenoxy) is 1. The van der Waals surface area contributed by atoms with E-state index in [4.69, 9.17) is 0 Å². The van der Waals surface area contributed by atoms with Gasteiger partial charge in [-0.1, -0.05) is 0 Å². The number of hydrogen-bond donors (Lipinski definition) is 0. The zero-order valence-corrected chi connectivity index (χ0v) is 11.1. The van der Waals surface area contributed by atoms with Crippen molar-refractivity contribution in [1.82, 2.24) is 0 Å². The third-order valence-corrected chi connectivity index (χ3v) is 2.44. The lowest BCUT2D eigenvalue weighted by atomic mass is 10.1. The lowest BCUT2D eigenvalue weighted by Crippen LogP contribution is -2.11. The summed E-state index contributed by atoms with van der Waals surface area (Å²) in [6, 6.07) is 2.81. The number of non-ortho nitro benzene ring substituents is 2. The highest BCUT2D eigenvalue weighted by molar-refractivity contribution is 6.19. The molecule has 1 aromatic carbocycles. The summed E-state index contributed by atoms with van der Waals surface area (Å²) in [7, 11) is 1.06. The fourth-order valence-electron chi connectivity index (χ4n) is 1.49. The number of nitrogens with zero attached hydrogens (tertiary/aromatic N) is 2. The SMILES string of the molecule is COC(=O)C(=Cc1cc([N+](=O)[O-])cc([N+](=O)[O-])c1)C(C)=O. The van der Waals surface area contributed by atoms with Crippen LogP contribution in [0.3, 0.4) is 0 Å². The van der Waals surface area contributed by atoms with E-state index in [9.17, 15) is 29.8 Å². The minimum Gasteiger partial charge on any atom is -0.465 e. The molecule has 110 valence electrons. The van der Waals surface area contributed by atoms with Gasteiger partial charge in [0.15, 0.2) is 5.78 Å². The number of nitro benzene ring substituents is 2. The molecule has 0 saturated heterocycles. The minimum atomic E-state index is -0.934. The van der Waals surface area contributed by atoms with E-state index in [0.717, 1.165) is 38.3 Å². The molecule has 0 spiro atoms. The van der Waals surface area contributed by atoms with Crippen molar-refractivity contribution in [3.8, 4) is 0 Å². The number of ketones is 1. The quantitative estimate of drug-likeness (QED) is 0.201. The maximum atomic E-state index is 11.4. The van der Waals surface area contributed by atoms with Crippen molar-refractivity contribution in [3.05, 3.63) is 49.6 Å². The summed E-state index contributed by atoms with van der Waals surface area (Å²) in [6.45, 7) is 1.11. The fourth-order valence-corrected chi connectivity index (χ4v) is 1.49. The van der Waals surface area contributed by atoms with Gasteiger partial charge in [0.25, 0.3) is 11.4 Å². The Kier molecular flexibility index (Phi) is 4.84. The van der Waals surface area contributed by atoms with Gasteiger partial charge in [-0.2, -0.15) is 0 Å². The number of rotatable bonds is 5. The Morgan fingerprint density at radius 2 is 1.57 bits per heavy atom. The van der Waals surface area contributed by atoms with Crippen molar-refractivity contribution in [2.24, 2.45) is 0 Å². The molecule has 0 amide bonds.